The zero-order valence-corrected chi connectivity index (χ0v) is 11.9. The molecule has 1 rings (SSSR count). The molecule has 1 aliphatic rings. The molecule has 0 spiro atoms. The SMILES string of the molecule is CNCC(C)CNS(=O)(=O)N1CCCC(C)C1. The summed E-state index contributed by atoms with van der Waals surface area (Å²) in [6.45, 7) is 6.74. The lowest BCUT2D eigenvalue weighted by Crippen LogP contribution is -2.47. The molecule has 1 fully saturated rings. The summed E-state index contributed by atoms with van der Waals surface area (Å²) in [5, 5.41) is 3.04. The highest BCUT2D eigenvalue weighted by molar-refractivity contribution is 7.87. The van der Waals surface area contributed by atoms with Crippen molar-refractivity contribution in [3.8, 4) is 0 Å². The van der Waals surface area contributed by atoms with Gasteiger partial charge in [-0.05, 0) is 38.3 Å². The van der Waals surface area contributed by atoms with E-state index in [1.165, 1.54) is 0 Å². The largest absolute Gasteiger partial charge is 0.319 e. The summed E-state index contributed by atoms with van der Waals surface area (Å²) < 4.78 is 28.3. The van der Waals surface area contributed by atoms with Gasteiger partial charge in [0.05, 0.1) is 0 Å². The topological polar surface area (TPSA) is 61.4 Å². The highest BCUT2D eigenvalue weighted by Crippen LogP contribution is 2.17. The monoisotopic (exact) mass is 263 g/mol. The van der Waals surface area contributed by atoms with Gasteiger partial charge in [0.25, 0.3) is 10.2 Å². The van der Waals surface area contributed by atoms with Crippen LogP contribution < -0.4 is 10.0 Å². The number of hydrogen-bond donors (Lipinski definition) is 2. The van der Waals surface area contributed by atoms with Gasteiger partial charge in [-0.2, -0.15) is 12.7 Å². The fraction of sp³-hybridized carbons (Fsp3) is 1.00. The van der Waals surface area contributed by atoms with Gasteiger partial charge in [-0.1, -0.05) is 13.8 Å². The summed E-state index contributed by atoms with van der Waals surface area (Å²) in [4.78, 5) is 0. The minimum Gasteiger partial charge on any atom is -0.319 e. The van der Waals surface area contributed by atoms with Gasteiger partial charge in [-0.15, -0.1) is 0 Å². The van der Waals surface area contributed by atoms with Crippen LogP contribution in [-0.4, -0.2) is 45.9 Å². The van der Waals surface area contributed by atoms with Crippen LogP contribution in [0.2, 0.25) is 0 Å². The van der Waals surface area contributed by atoms with Crippen LogP contribution in [-0.2, 0) is 10.2 Å². The molecule has 102 valence electrons. The van der Waals surface area contributed by atoms with Gasteiger partial charge in [-0.25, -0.2) is 4.72 Å². The van der Waals surface area contributed by atoms with Crippen LogP contribution in [0.4, 0.5) is 0 Å². The third-order valence-electron chi connectivity index (χ3n) is 3.13. The van der Waals surface area contributed by atoms with Crippen molar-refractivity contribution in [2.24, 2.45) is 11.8 Å². The highest BCUT2D eigenvalue weighted by atomic mass is 32.2. The van der Waals surface area contributed by atoms with Gasteiger partial charge in [0.2, 0.25) is 0 Å². The molecule has 5 nitrogen and oxygen atoms in total. The lowest BCUT2D eigenvalue weighted by Gasteiger charge is -2.30. The van der Waals surface area contributed by atoms with Crippen molar-refractivity contribution in [3.63, 3.8) is 0 Å². The van der Waals surface area contributed by atoms with Crippen LogP contribution in [0.25, 0.3) is 0 Å². The van der Waals surface area contributed by atoms with Gasteiger partial charge in [-0.3, -0.25) is 0 Å². The summed E-state index contributed by atoms with van der Waals surface area (Å²) >= 11 is 0. The second-order valence-corrected chi connectivity index (χ2v) is 6.88. The number of hydrogen-bond acceptors (Lipinski definition) is 3. The minimum absolute atomic E-state index is 0.303. The Morgan fingerprint density at radius 1 is 1.41 bits per heavy atom. The van der Waals surface area contributed by atoms with Crippen LogP contribution in [0.1, 0.15) is 26.7 Å². The molecule has 0 aromatic rings. The number of nitrogens with one attached hydrogen (secondary N) is 2. The van der Waals surface area contributed by atoms with E-state index in [0.717, 1.165) is 19.4 Å². The van der Waals surface area contributed by atoms with Gasteiger partial charge >= 0.3 is 0 Å². The Morgan fingerprint density at radius 2 is 2.12 bits per heavy atom. The van der Waals surface area contributed by atoms with Crippen molar-refractivity contribution in [3.05, 3.63) is 0 Å². The standard InChI is InChI=1S/C11H25N3O2S/c1-10-5-4-6-14(9-10)17(15,16)13-8-11(2)7-12-3/h10-13H,4-9H2,1-3H3. The molecule has 0 radical (unpaired) electrons. The van der Waals surface area contributed by atoms with E-state index in [-0.39, 0.29) is 0 Å². The first kappa shape index (κ1) is 14.9. The summed E-state index contributed by atoms with van der Waals surface area (Å²) in [6, 6.07) is 0. The van der Waals surface area contributed by atoms with E-state index < -0.39 is 10.2 Å². The van der Waals surface area contributed by atoms with E-state index in [1.807, 2.05) is 14.0 Å². The Bertz CT molecular complexity index is 319. The predicted octanol–water partition coefficient (Wildman–Crippen LogP) is 0.408. The summed E-state index contributed by atoms with van der Waals surface area (Å²) in [7, 11) is -1.40. The molecule has 1 saturated heterocycles. The summed E-state index contributed by atoms with van der Waals surface area (Å²) in [5.74, 6) is 0.770. The highest BCUT2D eigenvalue weighted by Gasteiger charge is 2.26. The van der Waals surface area contributed by atoms with E-state index in [4.69, 9.17) is 0 Å². The molecular weight excluding hydrogens is 238 g/mol. The molecule has 2 unspecified atom stereocenters. The van der Waals surface area contributed by atoms with E-state index in [2.05, 4.69) is 17.0 Å². The van der Waals surface area contributed by atoms with Crippen molar-refractivity contribution in [1.82, 2.24) is 14.3 Å². The van der Waals surface area contributed by atoms with Gasteiger partial charge in [0.1, 0.15) is 0 Å². The minimum atomic E-state index is -3.27. The normalized spacial score (nSPS) is 24.8. The Hall–Kier alpha value is -0.170. The molecule has 1 heterocycles. The molecule has 0 amide bonds. The Morgan fingerprint density at radius 3 is 2.71 bits per heavy atom. The molecule has 0 saturated carbocycles. The average molecular weight is 263 g/mol. The molecule has 0 aromatic heterocycles. The van der Waals surface area contributed by atoms with Crippen molar-refractivity contribution >= 4 is 10.2 Å². The second kappa shape index (κ2) is 6.68. The zero-order chi connectivity index (χ0) is 12.9. The molecule has 2 N–H and O–H groups in total. The lowest BCUT2D eigenvalue weighted by atomic mass is 10.0. The smallest absolute Gasteiger partial charge is 0.279 e. The first-order valence-corrected chi connectivity index (χ1v) is 7.79. The van der Waals surface area contributed by atoms with Crippen molar-refractivity contribution in [1.29, 1.82) is 0 Å². The fourth-order valence-corrected chi connectivity index (χ4v) is 3.62. The molecule has 0 aromatic carbocycles. The van der Waals surface area contributed by atoms with Crippen LogP contribution in [0.3, 0.4) is 0 Å². The fourth-order valence-electron chi connectivity index (χ4n) is 2.12. The third kappa shape index (κ3) is 4.91. The number of nitrogens with zero attached hydrogens (tertiary/aromatic N) is 1. The molecule has 17 heavy (non-hydrogen) atoms. The number of piperidine rings is 1. The predicted molar refractivity (Wildman–Crippen MR) is 70.0 cm³/mol. The third-order valence-corrected chi connectivity index (χ3v) is 4.67. The molecule has 6 heteroatoms. The molecule has 0 aliphatic carbocycles. The van der Waals surface area contributed by atoms with Crippen molar-refractivity contribution in [2.45, 2.75) is 26.7 Å². The average Bonchev–Trinajstić information content (AvgIpc) is 2.27. The second-order valence-electron chi connectivity index (χ2n) is 5.12. The molecule has 2 atom stereocenters. The molecule has 0 bridgehead atoms. The Balaban J connectivity index is 2.44. The molecule has 1 aliphatic heterocycles. The first-order valence-electron chi connectivity index (χ1n) is 6.35. The maximum atomic E-state index is 12.0. The maximum Gasteiger partial charge on any atom is 0.279 e. The van der Waals surface area contributed by atoms with E-state index in [0.29, 0.717) is 31.5 Å². The van der Waals surface area contributed by atoms with Crippen molar-refractivity contribution < 1.29 is 8.42 Å². The van der Waals surface area contributed by atoms with Crippen LogP contribution in [0.5, 0.6) is 0 Å². The summed E-state index contributed by atoms with van der Waals surface area (Å²) in [5.41, 5.74) is 0. The van der Waals surface area contributed by atoms with Crippen LogP contribution in [0, 0.1) is 11.8 Å². The van der Waals surface area contributed by atoms with Crippen LogP contribution in [0.15, 0.2) is 0 Å². The van der Waals surface area contributed by atoms with E-state index in [9.17, 15) is 8.42 Å². The van der Waals surface area contributed by atoms with Gasteiger partial charge in [0, 0.05) is 19.6 Å². The molecular formula is C11H25N3O2S. The Kier molecular flexibility index (Phi) is 5.85. The maximum absolute atomic E-state index is 12.0. The lowest BCUT2D eigenvalue weighted by molar-refractivity contribution is 0.277. The van der Waals surface area contributed by atoms with Gasteiger partial charge < -0.3 is 5.32 Å². The number of rotatable bonds is 6. The quantitative estimate of drug-likeness (QED) is 0.729. The first-order chi connectivity index (χ1) is 7.95. The van der Waals surface area contributed by atoms with Crippen molar-refractivity contribution in [2.75, 3.05) is 33.2 Å². The van der Waals surface area contributed by atoms with E-state index in [1.54, 1.807) is 4.31 Å². The zero-order valence-electron chi connectivity index (χ0n) is 11.1. The van der Waals surface area contributed by atoms with Gasteiger partial charge in [0.15, 0.2) is 0 Å². The Labute approximate surface area is 105 Å². The van der Waals surface area contributed by atoms with E-state index >= 15 is 0 Å². The summed E-state index contributed by atoms with van der Waals surface area (Å²) in [6.07, 6.45) is 2.09. The van der Waals surface area contributed by atoms with Crippen LogP contribution >= 0.6 is 0 Å².